The van der Waals surface area contributed by atoms with Gasteiger partial charge in [-0.15, -0.1) is 0 Å². The molecule has 1 unspecified atom stereocenters. The summed E-state index contributed by atoms with van der Waals surface area (Å²) in [6.45, 7) is 5.38. The lowest BCUT2D eigenvalue weighted by Crippen LogP contribution is -2.40. The van der Waals surface area contributed by atoms with Gasteiger partial charge in [0.15, 0.2) is 6.23 Å². The summed E-state index contributed by atoms with van der Waals surface area (Å²) < 4.78 is 0. The number of carbonyl (C=O) groups excluding carboxylic acids is 1. The molecule has 0 spiro atoms. The van der Waals surface area contributed by atoms with Crippen LogP contribution in [0.3, 0.4) is 0 Å². The van der Waals surface area contributed by atoms with Gasteiger partial charge in [-0.05, 0) is 5.41 Å². The summed E-state index contributed by atoms with van der Waals surface area (Å²) in [5.74, 6) is -1.98. The van der Waals surface area contributed by atoms with Crippen molar-refractivity contribution >= 4 is 11.9 Å². The van der Waals surface area contributed by atoms with Gasteiger partial charge >= 0.3 is 5.97 Å². The molecule has 15 heavy (non-hydrogen) atoms. The summed E-state index contributed by atoms with van der Waals surface area (Å²) in [6.07, 6.45) is -2.37. The summed E-state index contributed by atoms with van der Waals surface area (Å²) >= 11 is 0. The van der Waals surface area contributed by atoms with Gasteiger partial charge in [0.2, 0.25) is 5.91 Å². The molecule has 6 heteroatoms. The number of aliphatic carboxylic acids is 1. The van der Waals surface area contributed by atoms with Gasteiger partial charge in [0, 0.05) is 6.42 Å². The second-order valence-electron chi connectivity index (χ2n) is 4.55. The number of carbonyl (C=O) groups is 2. The molecule has 0 aliphatic carbocycles. The number of hydroxylamine groups is 2. The van der Waals surface area contributed by atoms with E-state index in [0.29, 0.717) is 0 Å². The van der Waals surface area contributed by atoms with E-state index in [1.54, 1.807) is 20.8 Å². The fraction of sp³-hybridized carbons (Fsp3) is 0.778. The second-order valence-corrected chi connectivity index (χ2v) is 4.55. The number of carboxylic acid groups (broad SMARTS) is 1. The summed E-state index contributed by atoms with van der Waals surface area (Å²) in [5.41, 5.74) is -0.332. The molecule has 1 amide bonds. The van der Waals surface area contributed by atoms with Gasteiger partial charge in [0.1, 0.15) is 0 Å². The van der Waals surface area contributed by atoms with E-state index in [1.165, 1.54) is 0 Å². The Labute approximate surface area is 88.1 Å². The Hall–Kier alpha value is -1.14. The standard InChI is InChI=1S/C9H17NO5/c1-9(2,3)5-7(12)10(15)6(11)4-8(13)14/h6,11,15H,4-5H2,1-3H3,(H,13,14). The van der Waals surface area contributed by atoms with Gasteiger partial charge in [-0.2, -0.15) is 5.06 Å². The minimum Gasteiger partial charge on any atom is -0.481 e. The Kier molecular flexibility index (Phi) is 4.70. The summed E-state index contributed by atoms with van der Waals surface area (Å²) in [5, 5.41) is 26.7. The monoisotopic (exact) mass is 219 g/mol. The molecule has 0 fully saturated rings. The van der Waals surface area contributed by atoms with Crippen LogP contribution in [0.5, 0.6) is 0 Å². The highest BCUT2D eigenvalue weighted by Crippen LogP contribution is 2.20. The minimum absolute atomic E-state index is 0.0280. The van der Waals surface area contributed by atoms with Crippen molar-refractivity contribution < 1.29 is 25.0 Å². The molecule has 0 aromatic rings. The van der Waals surface area contributed by atoms with E-state index < -0.39 is 24.5 Å². The van der Waals surface area contributed by atoms with Crippen LogP contribution in [0.15, 0.2) is 0 Å². The first kappa shape index (κ1) is 13.9. The largest absolute Gasteiger partial charge is 0.481 e. The maximum absolute atomic E-state index is 11.3. The summed E-state index contributed by atoms with van der Waals surface area (Å²) in [6, 6.07) is 0. The molecular formula is C9H17NO5. The number of amides is 1. The highest BCUT2D eigenvalue weighted by atomic mass is 16.5. The van der Waals surface area contributed by atoms with E-state index in [1.807, 2.05) is 0 Å². The zero-order chi connectivity index (χ0) is 12.2. The van der Waals surface area contributed by atoms with Crippen molar-refractivity contribution in [2.75, 3.05) is 0 Å². The molecular weight excluding hydrogens is 202 g/mol. The topological polar surface area (TPSA) is 98.1 Å². The number of rotatable bonds is 4. The van der Waals surface area contributed by atoms with Crippen LogP contribution in [-0.4, -0.2) is 38.6 Å². The van der Waals surface area contributed by atoms with Crippen molar-refractivity contribution in [3.8, 4) is 0 Å². The second kappa shape index (κ2) is 5.09. The number of hydrogen-bond acceptors (Lipinski definition) is 4. The predicted molar refractivity (Wildman–Crippen MR) is 51.0 cm³/mol. The van der Waals surface area contributed by atoms with Gasteiger partial charge in [0.25, 0.3) is 0 Å². The smallest absolute Gasteiger partial charge is 0.308 e. The highest BCUT2D eigenvalue weighted by Gasteiger charge is 2.26. The molecule has 0 saturated carbocycles. The van der Waals surface area contributed by atoms with Gasteiger partial charge < -0.3 is 10.2 Å². The number of aliphatic hydroxyl groups excluding tert-OH is 1. The number of hydrogen-bond donors (Lipinski definition) is 3. The van der Waals surface area contributed by atoms with Crippen LogP contribution in [0.2, 0.25) is 0 Å². The Bertz CT molecular complexity index is 245. The van der Waals surface area contributed by atoms with Crippen LogP contribution in [0.4, 0.5) is 0 Å². The Morgan fingerprint density at radius 2 is 1.80 bits per heavy atom. The SMILES string of the molecule is CC(C)(C)CC(=O)N(O)C(O)CC(=O)O. The molecule has 0 bridgehead atoms. The number of aliphatic hydroxyl groups is 1. The molecule has 0 aromatic carbocycles. The number of nitrogens with zero attached hydrogens (tertiary/aromatic N) is 1. The van der Waals surface area contributed by atoms with Crippen LogP contribution in [0, 0.1) is 5.41 Å². The molecule has 0 radical (unpaired) electrons. The van der Waals surface area contributed by atoms with E-state index in [9.17, 15) is 9.59 Å². The van der Waals surface area contributed by atoms with E-state index in [0.717, 1.165) is 0 Å². The first-order valence-electron chi connectivity index (χ1n) is 4.54. The van der Waals surface area contributed by atoms with Gasteiger partial charge in [-0.1, -0.05) is 20.8 Å². The van der Waals surface area contributed by atoms with Crippen molar-refractivity contribution in [2.24, 2.45) is 5.41 Å². The molecule has 0 rings (SSSR count). The highest BCUT2D eigenvalue weighted by molar-refractivity contribution is 5.76. The zero-order valence-electron chi connectivity index (χ0n) is 9.10. The Morgan fingerprint density at radius 1 is 1.33 bits per heavy atom. The zero-order valence-corrected chi connectivity index (χ0v) is 9.10. The quantitative estimate of drug-likeness (QED) is 0.362. The first-order chi connectivity index (χ1) is 6.63. The van der Waals surface area contributed by atoms with Crippen molar-refractivity contribution in [3.63, 3.8) is 0 Å². The van der Waals surface area contributed by atoms with E-state index in [2.05, 4.69) is 0 Å². The van der Waals surface area contributed by atoms with Crippen molar-refractivity contribution in [2.45, 2.75) is 39.8 Å². The van der Waals surface area contributed by atoms with Crippen LogP contribution in [0.25, 0.3) is 0 Å². The average Bonchev–Trinajstić information content (AvgIpc) is 1.98. The Balaban J connectivity index is 4.25. The molecule has 0 aromatic heterocycles. The van der Waals surface area contributed by atoms with Crippen molar-refractivity contribution in [3.05, 3.63) is 0 Å². The molecule has 1 atom stereocenters. The molecule has 0 aliphatic heterocycles. The van der Waals surface area contributed by atoms with E-state index in [-0.39, 0.29) is 16.9 Å². The van der Waals surface area contributed by atoms with Crippen molar-refractivity contribution in [1.29, 1.82) is 0 Å². The van der Waals surface area contributed by atoms with Crippen LogP contribution >= 0.6 is 0 Å². The molecule has 6 nitrogen and oxygen atoms in total. The van der Waals surface area contributed by atoms with Crippen LogP contribution < -0.4 is 0 Å². The minimum atomic E-state index is -1.70. The van der Waals surface area contributed by atoms with Crippen LogP contribution in [-0.2, 0) is 9.59 Å². The molecule has 88 valence electrons. The lowest BCUT2D eigenvalue weighted by molar-refractivity contribution is -0.210. The third-order valence-corrected chi connectivity index (χ3v) is 1.58. The number of carboxylic acids is 1. The first-order valence-corrected chi connectivity index (χ1v) is 4.54. The van der Waals surface area contributed by atoms with Gasteiger partial charge in [0.05, 0.1) is 6.42 Å². The maximum Gasteiger partial charge on any atom is 0.308 e. The summed E-state index contributed by atoms with van der Waals surface area (Å²) in [7, 11) is 0. The molecule has 3 N–H and O–H groups in total. The summed E-state index contributed by atoms with van der Waals surface area (Å²) in [4.78, 5) is 21.5. The molecule has 0 heterocycles. The Morgan fingerprint density at radius 3 is 2.13 bits per heavy atom. The molecule has 0 aliphatic rings. The van der Waals surface area contributed by atoms with E-state index >= 15 is 0 Å². The third kappa shape index (κ3) is 6.03. The lowest BCUT2D eigenvalue weighted by atomic mass is 9.92. The van der Waals surface area contributed by atoms with E-state index in [4.69, 9.17) is 15.4 Å². The molecule has 0 saturated heterocycles. The van der Waals surface area contributed by atoms with Crippen molar-refractivity contribution in [1.82, 2.24) is 5.06 Å². The fourth-order valence-electron chi connectivity index (χ4n) is 0.944. The van der Waals surface area contributed by atoms with Gasteiger partial charge in [-0.3, -0.25) is 14.8 Å². The fourth-order valence-corrected chi connectivity index (χ4v) is 0.944. The lowest BCUT2D eigenvalue weighted by Gasteiger charge is -2.24. The normalized spacial score (nSPS) is 13.4. The predicted octanol–water partition coefficient (Wildman–Crippen LogP) is 0.434. The maximum atomic E-state index is 11.3. The average molecular weight is 219 g/mol. The third-order valence-electron chi connectivity index (χ3n) is 1.58. The van der Waals surface area contributed by atoms with Crippen LogP contribution in [0.1, 0.15) is 33.6 Å². The van der Waals surface area contributed by atoms with Gasteiger partial charge in [-0.25, -0.2) is 0 Å².